The van der Waals surface area contributed by atoms with E-state index in [0.29, 0.717) is 42.6 Å². The van der Waals surface area contributed by atoms with Gasteiger partial charge in [-0.25, -0.2) is 4.68 Å². The van der Waals surface area contributed by atoms with Gasteiger partial charge in [0.25, 0.3) is 11.5 Å². The first kappa shape index (κ1) is 18.7. The van der Waals surface area contributed by atoms with E-state index in [1.165, 1.54) is 11.1 Å². The summed E-state index contributed by atoms with van der Waals surface area (Å²) in [6.45, 7) is 2.11. The minimum atomic E-state index is -0.213. The number of carbonyl (C=O) groups is 2. The molecule has 28 heavy (non-hydrogen) atoms. The molecule has 148 valence electrons. The van der Waals surface area contributed by atoms with Crippen molar-refractivity contribution in [3.05, 3.63) is 40.3 Å². The zero-order chi connectivity index (χ0) is 19.7. The van der Waals surface area contributed by atoms with Gasteiger partial charge in [-0.3, -0.25) is 14.4 Å². The van der Waals surface area contributed by atoms with Crippen LogP contribution < -0.4 is 5.56 Å². The highest BCUT2D eigenvalue weighted by molar-refractivity contribution is 6.04. The minimum Gasteiger partial charge on any atom is -0.339 e. The van der Waals surface area contributed by atoms with Crippen LogP contribution in [0.15, 0.2) is 29.1 Å². The number of piperazine rings is 1. The lowest BCUT2D eigenvalue weighted by molar-refractivity contribution is -0.138. The molecule has 2 fully saturated rings. The summed E-state index contributed by atoms with van der Waals surface area (Å²) in [6.07, 6.45) is 5.49. The van der Waals surface area contributed by atoms with Crippen molar-refractivity contribution in [1.29, 1.82) is 0 Å². The zero-order valence-corrected chi connectivity index (χ0v) is 16.3. The summed E-state index contributed by atoms with van der Waals surface area (Å²) in [6, 6.07) is 7.07. The molecule has 7 heteroatoms. The summed E-state index contributed by atoms with van der Waals surface area (Å²) in [5.41, 5.74) is 0.0832. The highest BCUT2D eigenvalue weighted by Gasteiger charge is 2.31. The van der Waals surface area contributed by atoms with Crippen molar-refractivity contribution >= 4 is 22.6 Å². The summed E-state index contributed by atoms with van der Waals surface area (Å²) >= 11 is 0. The Kier molecular flexibility index (Phi) is 5.15. The number of amides is 2. The first-order chi connectivity index (χ1) is 13.6. The molecule has 1 aromatic carbocycles. The molecule has 1 aliphatic heterocycles. The van der Waals surface area contributed by atoms with E-state index in [9.17, 15) is 14.4 Å². The summed E-state index contributed by atoms with van der Waals surface area (Å²) in [5.74, 6) is 0.222. The first-order valence-electron chi connectivity index (χ1n) is 10.1. The molecule has 2 aromatic rings. The van der Waals surface area contributed by atoms with Gasteiger partial charge in [0.05, 0.1) is 5.39 Å². The van der Waals surface area contributed by atoms with Crippen molar-refractivity contribution < 1.29 is 9.59 Å². The molecule has 2 amide bonds. The fourth-order valence-corrected chi connectivity index (χ4v) is 4.35. The number of hydrogen-bond donors (Lipinski definition) is 0. The van der Waals surface area contributed by atoms with Crippen molar-refractivity contribution in [3.8, 4) is 0 Å². The second-order valence-electron chi connectivity index (χ2n) is 7.78. The van der Waals surface area contributed by atoms with Crippen molar-refractivity contribution in [2.24, 2.45) is 13.0 Å². The first-order valence-corrected chi connectivity index (χ1v) is 10.1. The molecule has 1 aromatic heterocycles. The number of benzene rings is 1. The number of carbonyl (C=O) groups excluding carboxylic acids is 2. The Morgan fingerprint density at radius 2 is 1.54 bits per heavy atom. The van der Waals surface area contributed by atoms with Crippen LogP contribution in [0, 0.1) is 5.92 Å². The van der Waals surface area contributed by atoms with Crippen LogP contribution in [0.5, 0.6) is 0 Å². The molecule has 2 aliphatic rings. The topological polar surface area (TPSA) is 75.5 Å². The summed E-state index contributed by atoms with van der Waals surface area (Å²) in [7, 11) is 1.56. The Morgan fingerprint density at radius 3 is 2.21 bits per heavy atom. The Bertz CT molecular complexity index is 954. The van der Waals surface area contributed by atoms with Gasteiger partial charge >= 0.3 is 0 Å². The molecule has 4 rings (SSSR count). The van der Waals surface area contributed by atoms with Crippen molar-refractivity contribution in [2.75, 3.05) is 26.2 Å². The van der Waals surface area contributed by atoms with Gasteiger partial charge in [0, 0.05) is 44.5 Å². The molecule has 7 nitrogen and oxygen atoms in total. The molecular formula is C21H26N4O3. The largest absolute Gasteiger partial charge is 0.339 e. The fourth-order valence-electron chi connectivity index (χ4n) is 4.35. The third-order valence-electron chi connectivity index (χ3n) is 5.99. The van der Waals surface area contributed by atoms with E-state index in [1.807, 2.05) is 4.90 Å². The van der Waals surface area contributed by atoms with Crippen LogP contribution in [0.3, 0.4) is 0 Å². The predicted molar refractivity (Wildman–Crippen MR) is 106 cm³/mol. The lowest BCUT2D eigenvalue weighted by Crippen LogP contribution is -2.52. The lowest BCUT2D eigenvalue weighted by atomic mass is 9.88. The third-order valence-corrected chi connectivity index (χ3v) is 5.99. The summed E-state index contributed by atoms with van der Waals surface area (Å²) < 4.78 is 1.22. The standard InChI is InChI=1S/C21H26N4O3/c1-23-20(27)17-10-6-5-9-16(17)18(22-23)21(28)25-13-11-24(12-14-25)19(26)15-7-3-2-4-8-15/h5-6,9-10,15H,2-4,7-8,11-14H2,1H3. The van der Waals surface area contributed by atoms with Gasteiger partial charge in [-0.1, -0.05) is 37.5 Å². The molecule has 1 saturated heterocycles. The van der Waals surface area contributed by atoms with Crippen molar-refractivity contribution in [2.45, 2.75) is 32.1 Å². The lowest BCUT2D eigenvalue weighted by Gasteiger charge is -2.37. The molecular weight excluding hydrogens is 356 g/mol. The number of fused-ring (bicyclic) bond motifs is 1. The van der Waals surface area contributed by atoms with Crippen molar-refractivity contribution in [3.63, 3.8) is 0 Å². The monoisotopic (exact) mass is 382 g/mol. The Balaban J connectivity index is 1.49. The number of aromatic nitrogens is 2. The molecule has 0 N–H and O–H groups in total. The normalized spacial score (nSPS) is 18.5. The van der Waals surface area contributed by atoms with Gasteiger partial charge in [-0.15, -0.1) is 0 Å². The predicted octanol–water partition coefficient (Wildman–Crippen LogP) is 1.80. The Hall–Kier alpha value is -2.70. The van der Waals surface area contributed by atoms with Gasteiger partial charge in [-0.2, -0.15) is 5.10 Å². The maximum Gasteiger partial charge on any atom is 0.275 e. The maximum atomic E-state index is 13.1. The molecule has 0 unspecified atom stereocenters. The highest BCUT2D eigenvalue weighted by atomic mass is 16.2. The van der Waals surface area contributed by atoms with E-state index in [1.54, 1.807) is 36.2 Å². The van der Waals surface area contributed by atoms with E-state index >= 15 is 0 Å². The third kappa shape index (κ3) is 3.41. The molecule has 0 radical (unpaired) electrons. The van der Waals surface area contributed by atoms with Crippen molar-refractivity contribution in [1.82, 2.24) is 19.6 Å². The van der Waals surface area contributed by atoms with Crippen LogP contribution in [0.4, 0.5) is 0 Å². The second kappa shape index (κ2) is 7.73. The van der Waals surface area contributed by atoms with Crippen LogP contribution >= 0.6 is 0 Å². The maximum absolute atomic E-state index is 13.1. The molecule has 0 bridgehead atoms. The van der Waals surface area contributed by atoms with E-state index in [2.05, 4.69) is 5.10 Å². The van der Waals surface area contributed by atoms with E-state index in [4.69, 9.17) is 0 Å². The Morgan fingerprint density at radius 1 is 0.929 bits per heavy atom. The van der Waals surface area contributed by atoms with Crippen LogP contribution in [-0.2, 0) is 11.8 Å². The summed E-state index contributed by atoms with van der Waals surface area (Å²) in [4.78, 5) is 41.8. The van der Waals surface area contributed by atoms with Crippen LogP contribution in [0.1, 0.15) is 42.6 Å². The number of aryl methyl sites for hydroxylation is 1. The summed E-state index contributed by atoms with van der Waals surface area (Å²) in [5, 5.41) is 5.31. The second-order valence-corrected chi connectivity index (χ2v) is 7.78. The minimum absolute atomic E-state index is 0.158. The van der Waals surface area contributed by atoms with E-state index in [0.717, 1.165) is 25.7 Å². The van der Waals surface area contributed by atoms with Gasteiger partial charge in [-0.05, 0) is 18.9 Å². The van der Waals surface area contributed by atoms with Gasteiger partial charge in [0.1, 0.15) is 0 Å². The zero-order valence-electron chi connectivity index (χ0n) is 16.3. The van der Waals surface area contributed by atoms with Crippen LogP contribution in [0.2, 0.25) is 0 Å². The van der Waals surface area contributed by atoms with Gasteiger partial charge in [0.2, 0.25) is 5.91 Å². The van der Waals surface area contributed by atoms with E-state index in [-0.39, 0.29) is 23.3 Å². The van der Waals surface area contributed by atoms with Gasteiger partial charge < -0.3 is 9.80 Å². The van der Waals surface area contributed by atoms with Crippen LogP contribution in [-0.4, -0.2) is 57.6 Å². The fraction of sp³-hybridized carbons (Fsp3) is 0.524. The Labute approximate surface area is 163 Å². The average molecular weight is 382 g/mol. The molecule has 0 spiro atoms. The van der Waals surface area contributed by atoms with Crippen LogP contribution in [0.25, 0.3) is 10.8 Å². The quantitative estimate of drug-likeness (QED) is 0.794. The highest BCUT2D eigenvalue weighted by Crippen LogP contribution is 2.26. The van der Waals surface area contributed by atoms with Gasteiger partial charge in [0.15, 0.2) is 5.69 Å². The number of nitrogens with zero attached hydrogens (tertiary/aromatic N) is 4. The smallest absolute Gasteiger partial charge is 0.275 e. The molecule has 0 atom stereocenters. The number of hydrogen-bond acceptors (Lipinski definition) is 4. The molecule has 1 aliphatic carbocycles. The molecule has 2 heterocycles. The average Bonchev–Trinajstić information content (AvgIpc) is 2.76. The molecule has 1 saturated carbocycles. The van der Waals surface area contributed by atoms with E-state index < -0.39 is 0 Å². The SMILES string of the molecule is Cn1nc(C(=O)N2CCN(C(=O)C3CCCCC3)CC2)c2ccccc2c1=O. The number of rotatable bonds is 2.